The monoisotopic (exact) mass is 675 g/mol. The molecule has 0 bridgehead atoms. The predicted molar refractivity (Wildman–Crippen MR) is 221 cm³/mol. The summed E-state index contributed by atoms with van der Waals surface area (Å²) in [5, 5.41) is 4.85. The van der Waals surface area contributed by atoms with Crippen molar-refractivity contribution in [3.63, 3.8) is 0 Å². The highest BCUT2D eigenvalue weighted by atomic mass is 15.0. The van der Waals surface area contributed by atoms with Crippen LogP contribution >= 0.6 is 0 Å². The highest BCUT2D eigenvalue weighted by Gasteiger charge is 2.15. The Morgan fingerprint density at radius 3 is 1.70 bits per heavy atom. The van der Waals surface area contributed by atoms with Crippen molar-refractivity contribution in [1.82, 2.24) is 14.5 Å². The van der Waals surface area contributed by atoms with Crippen molar-refractivity contribution < 1.29 is 0 Å². The van der Waals surface area contributed by atoms with Gasteiger partial charge in [0.05, 0.1) is 22.4 Å². The lowest BCUT2D eigenvalue weighted by molar-refractivity contribution is 1.18. The van der Waals surface area contributed by atoms with Crippen LogP contribution in [-0.2, 0) is 0 Å². The van der Waals surface area contributed by atoms with Gasteiger partial charge in [0.25, 0.3) is 0 Å². The van der Waals surface area contributed by atoms with E-state index >= 15 is 0 Å². The van der Waals surface area contributed by atoms with E-state index in [0.717, 1.165) is 50.3 Å². The van der Waals surface area contributed by atoms with Gasteiger partial charge in [0.15, 0.2) is 5.82 Å². The highest BCUT2D eigenvalue weighted by molar-refractivity contribution is 6.10. The van der Waals surface area contributed by atoms with E-state index < -0.39 is 0 Å². The molecule has 0 saturated heterocycles. The van der Waals surface area contributed by atoms with E-state index in [1.165, 1.54) is 38.3 Å². The molecular weight excluding hydrogens is 643 g/mol. The Labute approximate surface area is 308 Å². The summed E-state index contributed by atoms with van der Waals surface area (Å²) in [5.74, 6) is 0.703. The lowest BCUT2D eigenvalue weighted by atomic mass is 9.99. The molecule has 0 fully saturated rings. The van der Waals surface area contributed by atoms with Gasteiger partial charge in [-0.3, -0.25) is 0 Å². The summed E-state index contributed by atoms with van der Waals surface area (Å²) < 4.78 is 2.37. The molecule has 0 aliphatic heterocycles. The zero-order valence-corrected chi connectivity index (χ0v) is 28.9. The molecule has 53 heavy (non-hydrogen) atoms. The Morgan fingerprint density at radius 1 is 0.302 bits per heavy atom. The van der Waals surface area contributed by atoms with Crippen molar-refractivity contribution in [2.24, 2.45) is 0 Å². The van der Waals surface area contributed by atoms with Crippen LogP contribution in [0.4, 0.5) is 0 Å². The second-order valence-electron chi connectivity index (χ2n) is 13.5. The Balaban J connectivity index is 1.10. The average molecular weight is 676 g/mol. The minimum Gasteiger partial charge on any atom is -0.309 e. The number of para-hydroxylation sites is 2. The van der Waals surface area contributed by atoms with Gasteiger partial charge >= 0.3 is 0 Å². The third-order valence-corrected chi connectivity index (χ3v) is 10.2. The molecule has 0 spiro atoms. The molecule has 248 valence electrons. The zero-order chi connectivity index (χ0) is 35.1. The molecule has 0 N–H and O–H groups in total. The van der Waals surface area contributed by atoms with E-state index in [1.807, 2.05) is 6.07 Å². The lowest BCUT2D eigenvalue weighted by Gasteiger charge is -2.12. The minimum absolute atomic E-state index is 0.703. The summed E-state index contributed by atoms with van der Waals surface area (Å²) in [6.45, 7) is 0. The van der Waals surface area contributed by atoms with Crippen LogP contribution in [0.1, 0.15) is 0 Å². The molecule has 0 aliphatic carbocycles. The number of fused-ring (bicyclic) bond motifs is 4. The smallest absolute Gasteiger partial charge is 0.160 e. The van der Waals surface area contributed by atoms with Crippen molar-refractivity contribution in [2.75, 3.05) is 0 Å². The number of rotatable bonds is 6. The zero-order valence-electron chi connectivity index (χ0n) is 28.9. The largest absolute Gasteiger partial charge is 0.309 e. The minimum atomic E-state index is 0.703. The molecule has 0 saturated carbocycles. The van der Waals surface area contributed by atoms with Crippen molar-refractivity contribution in [1.29, 1.82) is 0 Å². The van der Waals surface area contributed by atoms with E-state index in [4.69, 9.17) is 9.97 Å². The van der Waals surface area contributed by atoms with E-state index in [2.05, 4.69) is 199 Å². The first-order valence-corrected chi connectivity index (χ1v) is 18.0. The van der Waals surface area contributed by atoms with Crippen LogP contribution in [0.25, 0.3) is 94.4 Å². The van der Waals surface area contributed by atoms with Crippen molar-refractivity contribution in [3.05, 3.63) is 200 Å². The Kier molecular flexibility index (Phi) is 7.47. The van der Waals surface area contributed by atoms with Gasteiger partial charge in [0.1, 0.15) is 0 Å². The van der Waals surface area contributed by atoms with E-state index in [-0.39, 0.29) is 0 Å². The summed E-state index contributed by atoms with van der Waals surface area (Å²) in [4.78, 5) is 10.4. The van der Waals surface area contributed by atoms with Crippen molar-refractivity contribution >= 4 is 32.6 Å². The van der Waals surface area contributed by atoms with Crippen molar-refractivity contribution in [3.8, 4) is 61.8 Å². The fraction of sp³-hybridized carbons (Fsp3) is 0. The lowest BCUT2D eigenvalue weighted by Crippen LogP contribution is -1.96. The maximum absolute atomic E-state index is 5.22. The molecule has 3 nitrogen and oxygen atoms in total. The van der Waals surface area contributed by atoms with E-state index in [0.29, 0.717) is 5.82 Å². The second kappa shape index (κ2) is 12.9. The third-order valence-electron chi connectivity index (χ3n) is 10.2. The molecule has 0 radical (unpaired) electrons. The quantitative estimate of drug-likeness (QED) is 0.176. The van der Waals surface area contributed by atoms with Gasteiger partial charge in [-0.25, -0.2) is 9.97 Å². The van der Waals surface area contributed by atoms with Gasteiger partial charge in [0.2, 0.25) is 0 Å². The van der Waals surface area contributed by atoms with Crippen LogP contribution in [0.2, 0.25) is 0 Å². The Morgan fingerprint density at radius 2 is 0.868 bits per heavy atom. The molecular formula is C50H33N3. The predicted octanol–water partition coefficient (Wildman–Crippen LogP) is 13.1. The number of hydrogen-bond donors (Lipinski definition) is 0. The molecule has 0 aliphatic rings. The number of hydrogen-bond acceptors (Lipinski definition) is 2. The summed E-state index contributed by atoms with van der Waals surface area (Å²) in [6.07, 6.45) is 0. The number of nitrogens with zero attached hydrogens (tertiary/aromatic N) is 3. The van der Waals surface area contributed by atoms with Gasteiger partial charge in [-0.1, -0.05) is 158 Å². The second-order valence-corrected chi connectivity index (χ2v) is 13.5. The van der Waals surface area contributed by atoms with Crippen LogP contribution < -0.4 is 0 Å². The summed E-state index contributed by atoms with van der Waals surface area (Å²) in [5.41, 5.74) is 13.0. The standard InChI is InChI=1S/C50H33N3/c1-3-12-34(13-4-1)36-22-25-37(26-23-36)46-33-47(52-50(51-46)42-27-24-35-14-7-8-15-38(35)31-42)41-17-11-16-39(30-41)40-28-29-45-44-20-9-10-21-48(44)53(49(45)32-40)43-18-5-2-6-19-43/h1-33H. The molecule has 10 rings (SSSR count). The summed E-state index contributed by atoms with van der Waals surface area (Å²) in [7, 11) is 0. The number of aromatic nitrogens is 3. The molecule has 3 heteroatoms. The fourth-order valence-corrected chi connectivity index (χ4v) is 7.53. The third kappa shape index (κ3) is 5.65. The molecule has 0 unspecified atom stereocenters. The highest BCUT2D eigenvalue weighted by Crippen LogP contribution is 2.36. The fourth-order valence-electron chi connectivity index (χ4n) is 7.53. The van der Waals surface area contributed by atoms with Gasteiger partial charge in [0, 0.05) is 33.2 Å². The maximum Gasteiger partial charge on any atom is 0.160 e. The van der Waals surface area contributed by atoms with Crippen LogP contribution in [-0.4, -0.2) is 14.5 Å². The maximum atomic E-state index is 5.22. The normalized spacial score (nSPS) is 11.4. The number of benzene rings is 8. The van der Waals surface area contributed by atoms with Gasteiger partial charge in [-0.15, -0.1) is 0 Å². The Bertz CT molecular complexity index is 2930. The SMILES string of the molecule is c1ccc(-c2ccc(-c3cc(-c4cccc(-c5ccc6c7ccccc7n(-c7ccccc7)c6c5)c4)nc(-c4ccc5ccccc5c4)n3)cc2)cc1. The van der Waals surface area contributed by atoms with Crippen molar-refractivity contribution in [2.45, 2.75) is 0 Å². The first kappa shape index (κ1) is 30.7. The first-order valence-electron chi connectivity index (χ1n) is 18.0. The van der Waals surface area contributed by atoms with E-state index in [1.54, 1.807) is 0 Å². The van der Waals surface area contributed by atoms with Gasteiger partial charge in [-0.2, -0.15) is 0 Å². The average Bonchev–Trinajstić information content (AvgIpc) is 3.58. The van der Waals surface area contributed by atoms with Crippen LogP contribution in [0, 0.1) is 0 Å². The summed E-state index contributed by atoms with van der Waals surface area (Å²) >= 11 is 0. The molecule has 2 heterocycles. The van der Waals surface area contributed by atoms with Gasteiger partial charge < -0.3 is 4.57 Å². The summed E-state index contributed by atoms with van der Waals surface area (Å²) in [6, 6.07) is 71.0. The molecule has 10 aromatic rings. The van der Waals surface area contributed by atoms with Crippen LogP contribution in [0.3, 0.4) is 0 Å². The topological polar surface area (TPSA) is 30.7 Å². The van der Waals surface area contributed by atoms with Crippen LogP contribution in [0.5, 0.6) is 0 Å². The first-order chi connectivity index (χ1) is 26.2. The molecule has 0 atom stereocenters. The molecule has 2 aromatic heterocycles. The molecule has 0 amide bonds. The van der Waals surface area contributed by atoms with E-state index in [9.17, 15) is 0 Å². The van der Waals surface area contributed by atoms with Crippen LogP contribution in [0.15, 0.2) is 200 Å². The molecule has 8 aromatic carbocycles. The Hall–Kier alpha value is -7.10. The van der Waals surface area contributed by atoms with Gasteiger partial charge in [-0.05, 0) is 75.5 Å².